The molecule has 0 radical (unpaired) electrons. The normalized spacial score (nSPS) is 22.8. The van der Waals surface area contributed by atoms with Crippen LogP contribution in [0.2, 0.25) is 5.02 Å². The fourth-order valence-corrected chi connectivity index (χ4v) is 9.05. The Morgan fingerprint density at radius 2 is 1.66 bits per heavy atom. The third-order valence-electron chi connectivity index (χ3n) is 12.2. The van der Waals surface area contributed by atoms with E-state index < -0.39 is 29.7 Å². The Morgan fingerprint density at radius 1 is 0.898 bits per heavy atom. The highest BCUT2D eigenvalue weighted by atomic mass is 35.5. The van der Waals surface area contributed by atoms with Gasteiger partial charge in [-0.2, -0.15) is 5.26 Å². The molecular weight excluding hydrogens is 778 g/mol. The molecule has 1 saturated carbocycles. The third kappa shape index (κ3) is 8.53. The van der Waals surface area contributed by atoms with E-state index in [-0.39, 0.29) is 47.8 Å². The maximum atomic E-state index is 13.5. The lowest BCUT2D eigenvalue weighted by atomic mass is 9.93. The molecule has 2 aromatic carbocycles. The Bertz CT molecular complexity index is 2170. The number of ether oxygens (including phenoxy) is 2. The lowest BCUT2D eigenvalue weighted by Crippen LogP contribution is -2.54. The molecule has 5 amide bonds. The van der Waals surface area contributed by atoms with Gasteiger partial charge in [0.25, 0.3) is 17.7 Å². The van der Waals surface area contributed by atoms with Gasteiger partial charge in [-0.1, -0.05) is 11.6 Å². The van der Waals surface area contributed by atoms with Gasteiger partial charge < -0.3 is 24.6 Å². The van der Waals surface area contributed by atoms with Crippen LogP contribution in [0, 0.1) is 17.2 Å². The Labute approximate surface area is 346 Å². The standard InChI is InChI=1S/C42H46ClN9O7/c1-58-35-21-28(20-31-38(35)42(57)52(41(31)56)34-9-11-37(53)46-40(34)55)50-18-16-49(17-19-50)24-25-12-14-51(15-13-25)36-10-8-33(47-48-36)39(54)45-27-3-6-29(7-4-27)59-30-5-2-26(23-44)32(43)22-30/h2,5,8,10,20-22,25,27,29,34H,3-4,6-7,9,11-19,24H2,1H3,(H,45,54)(H,46,53,55)/t27?,29?,34-/m1/s1. The Morgan fingerprint density at radius 3 is 2.32 bits per heavy atom. The van der Waals surface area contributed by atoms with Crippen LogP contribution in [0.5, 0.6) is 11.5 Å². The van der Waals surface area contributed by atoms with Crippen molar-refractivity contribution in [2.75, 3.05) is 62.7 Å². The number of methoxy groups -OCH3 is 1. The van der Waals surface area contributed by atoms with E-state index >= 15 is 0 Å². The average Bonchev–Trinajstić information content (AvgIpc) is 3.50. The van der Waals surface area contributed by atoms with Crippen molar-refractivity contribution >= 4 is 52.6 Å². The van der Waals surface area contributed by atoms with Gasteiger partial charge in [-0.3, -0.25) is 39.1 Å². The number of nitrogens with one attached hydrogen (secondary N) is 2. The van der Waals surface area contributed by atoms with Crippen molar-refractivity contribution in [3.05, 3.63) is 69.9 Å². The van der Waals surface area contributed by atoms with Crippen molar-refractivity contribution in [3.63, 3.8) is 0 Å². The number of nitriles is 1. The number of imide groups is 2. The molecule has 0 spiro atoms. The predicted molar refractivity (Wildman–Crippen MR) is 216 cm³/mol. The lowest BCUT2D eigenvalue weighted by Gasteiger charge is -2.40. The molecule has 59 heavy (non-hydrogen) atoms. The summed E-state index contributed by atoms with van der Waals surface area (Å²) in [4.78, 5) is 72.0. The number of carbonyl (C=O) groups excluding carboxylic acids is 5. The number of piperidine rings is 2. The number of piperazine rings is 1. The molecule has 2 N–H and O–H groups in total. The number of amides is 5. The fourth-order valence-electron chi connectivity index (χ4n) is 8.84. The van der Waals surface area contributed by atoms with Gasteiger partial charge in [0.15, 0.2) is 11.5 Å². The number of aromatic nitrogens is 2. The monoisotopic (exact) mass is 823 g/mol. The van der Waals surface area contributed by atoms with E-state index in [1.165, 1.54) is 7.11 Å². The van der Waals surface area contributed by atoms with Gasteiger partial charge in [0, 0.05) is 76.1 Å². The molecule has 0 unspecified atom stereocenters. The van der Waals surface area contributed by atoms with E-state index in [1.807, 2.05) is 6.07 Å². The van der Waals surface area contributed by atoms with Crippen LogP contribution in [-0.2, 0) is 9.59 Å². The summed E-state index contributed by atoms with van der Waals surface area (Å²) in [6.45, 7) is 5.83. The first kappa shape index (κ1) is 40.0. The number of anilines is 2. The van der Waals surface area contributed by atoms with E-state index in [0.29, 0.717) is 27.9 Å². The van der Waals surface area contributed by atoms with Gasteiger partial charge in [0.05, 0.1) is 34.9 Å². The van der Waals surface area contributed by atoms with E-state index in [9.17, 15) is 24.0 Å². The molecule has 4 fully saturated rings. The summed E-state index contributed by atoms with van der Waals surface area (Å²) < 4.78 is 11.7. The number of hydrogen-bond acceptors (Lipinski definition) is 13. The molecule has 1 aromatic heterocycles. The van der Waals surface area contributed by atoms with E-state index in [4.69, 9.17) is 26.3 Å². The van der Waals surface area contributed by atoms with Gasteiger partial charge in [0.1, 0.15) is 23.6 Å². The van der Waals surface area contributed by atoms with Crippen molar-refractivity contribution in [2.24, 2.45) is 5.92 Å². The molecule has 3 aromatic rings. The molecule has 1 aliphatic carbocycles. The topological polar surface area (TPSA) is 190 Å². The molecule has 16 nitrogen and oxygen atoms in total. The molecule has 3 saturated heterocycles. The maximum Gasteiger partial charge on any atom is 0.272 e. The van der Waals surface area contributed by atoms with Crippen LogP contribution in [0.4, 0.5) is 11.5 Å². The van der Waals surface area contributed by atoms with Crippen molar-refractivity contribution in [1.82, 2.24) is 30.6 Å². The fraction of sp³-hybridized carbons (Fsp3) is 0.476. The van der Waals surface area contributed by atoms with Crippen LogP contribution < -0.4 is 29.9 Å². The zero-order chi connectivity index (χ0) is 41.2. The highest BCUT2D eigenvalue weighted by Crippen LogP contribution is 2.38. The first-order chi connectivity index (χ1) is 28.6. The van der Waals surface area contributed by atoms with Crippen LogP contribution in [-0.4, -0.2) is 121 Å². The van der Waals surface area contributed by atoms with E-state index in [0.717, 1.165) is 101 Å². The van der Waals surface area contributed by atoms with Crippen molar-refractivity contribution in [3.8, 4) is 17.6 Å². The summed E-state index contributed by atoms with van der Waals surface area (Å²) in [6.07, 6.45) is 5.31. The van der Waals surface area contributed by atoms with E-state index in [2.05, 4.69) is 41.6 Å². The average molecular weight is 824 g/mol. The van der Waals surface area contributed by atoms with Crippen molar-refractivity contribution < 1.29 is 33.4 Å². The van der Waals surface area contributed by atoms with Gasteiger partial charge in [-0.25, -0.2) is 0 Å². The molecule has 4 aliphatic heterocycles. The first-order valence-corrected chi connectivity index (χ1v) is 20.6. The number of hydrogen-bond donors (Lipinski definition) is 2. The molecule has 308 valence electrons. The smallest absolute Gasteiger partial charge is 0.272 e. The molecule has 1 atom stereocenters. The highest BCUT2D eigenvalue weighted by molar-refractivity contribution is 6.31. The number of nitrogens with zero attached hydrogens (tertiary/aromatic N) is 7. The predicted octanol–water partition coefficient (Wildman–Crippen LogP) is 3.57. The molecule has 5 aliphatic rings. The van der Waals surface area contributed by atoms with Gasteiger partial charge in [0.2, 0.25) is 11.8 Å². The summed E-state index contributed by atoms with van der Waals surface area (Å²) in [6, 6.07) is 13.2. The van der Waals surface area contributed by atoms with Gasteiger partial charge >= 0.3 is 0 Å². The minimum Gasteiger partial charge on any atom is -0.496 e. The van der Waals surface area contributed by atoms with Crippen molar-refractivity contribution in [2.45, 2.75) is 69.6 Å². The Balaban J connectivity index is 0.772. The van der Waals surface area contributed by atoms with Crippen LogP contribution in [0.25, 0.3) is 0 Å². The molecule has 8 rings (SSSR count). The summed E-state index contributed by atoms with van der Waals surface area (Å²) >= 11 is 6.15. The minimum absolute atomic E-state index is 0.0137. The van der Waals surface area contributed by atoms with Gasteiger partial charge in [-0.05, 0) is 81.2 Å². The Kier molecular flexibility index (Phi) is 11.7. The summed E-state index contributed by atoms with van der Waals surface area (Å²) in [5.41, 5.74) is 1.84. The van der Waals surface area contributed by atoms with E-state index in [1.54, 1.807) is 36.4 Å². The Hall–Kier alpha value is -5.79. The largest absolute Gasteiger partial charge is 0.496 e. The first-order valence-electron chi connectivity index (χ1n) is 20.2. The zero-order valence-electron chi connectivity index (χ0n) is 32.8. The highest BCUT2D eigenvalue weighted by Gasteiger charge is 2.46. The summed E-state index contributed by atoms with van der Waals surface area (Å²) in [7, 11) is 1.46. The second-order valence-corrected chi connectivity index (χ2v) is 16.2. The SMILES string of the molecule is COc1cc(N2CCN(CC3CCN(c4ccc(C(=O)NC5CCC(Oc6ccc(C#N)c(Cl)c6)CC5)nn4)CC3)CC2)cc2c1C(=O)N([C@@H]1CCC(=O)NC1=O)C2=O. The number of halogens is 1. The molecule has 0 bridgehead atoms. The number of fused-ring (bicyclic) bond motifs is 1. The molecule has 5 heterocycles. The second-order valence-electron chi connectivity index (χ2n) is 15.8. The molecule has 17 heteroatoms. The minimum atomic E-state index is -1.04. The zero-order valence-corrected chi connectivity index (χ0v) is 33.6. The second kappa shape index (κ2) is 17.2. The summed E-state index contributed by atoms with van der Waals surface area (Å²) in [5.74, 6) is -0.221. The maximum absolute atomic E-state index is 13.5. The van der Waals surface area contributed by atoms with Crippen LogP contribution in [0.3, 0.4) is 0 Å². The number of benzene rings is 2. The number of rotatable bonds is 10. The van der Waals surface area contributed by atoms with Crippen LogP contribution in [0.1, 0.15) is 88.1 Å². The molecular formula is C42H46ClN9O7. The lowest BCUT2D eigenvalue weighted by molar-refractivity contribution is -0.136. The van der Waals surface area contributed by atoms with Crippen molar-refractivity contribution in [1.29, 1.82) is 5.26 Å². The summed E-state index contributed by atoms with van der Waals surface area (Å²) in [5, 5.41) is 23.5. The van der Waals surface area contributed by atoms with Gasteiger partial charge in [-0.15, -0.1) is 10.2 Å². The quantitative estimate of drug-likeness (QED) is 0.283. The van der Waals surface area contributed by atoms with Crippen LogP contribution >= 0.6 is 11.6 Å². The third-order valence-corrected chi connectivity index (χ3v) is 12.5. The number of carbonyl (C=O) groups is 5. The van der Waals surface area contributed by atoms with Crippen LogP contribution in [0.15, 0.2) is 42.5 Å².